The number of hydrogen-bond donors (Lipinski definition) is 1. The molecule has 3 rings (SSSR count). The van der Waals surface area contributed by atoms with Crippen LogP contribution in [-0.2, 0) is 0 Å². The molecule has 0 aliphatic rings. The summed E-state index contributed by atoms with van der Waals surface area (Å²) < 4.78 is 18.2. The Morgan fingerprint density at radius 2 is 1.90 bits per heavy atom. The summed E-state index contributed by atoms with van der Waals surface area (Å²) in [6, 6.07) is 9.03. The largest absolute Gasteiger partial charge is 0.507 e. The highest BCUT2D eigenvalue weighted by atomic mass is 35.5. The summed E-state index contributed by atoms with van der Waals surface area (Å²) in [4.78, 5) is 4.19. The van der Waals surface area contributed by atoms with Crippen molar-refractivity contribution in [1.29, 1.82) is 0 Å². The van der Waals surface area contributed by atoms with Crippen LogP contribution < -0.4 is 0 Å². The molecule has 0 fully saturated rings. The molecule has 0 aliphatic carbocycles. The molecule has 6 heteroatoms. The molecule has 4 nitrogen and oxygen atoms in total. The Labute approximate surface area is 124 Å². The molecule has 106 valence electrons. The smallest absolute Gasteiger partial charge is 0.261 e. The van der Waals surface area contributed by atoms with E-state index in [0.29, 0.717) is 11.1 Å². The van der Waals surface area contributed by atoms with Crippen molar-refractivity contribution < 1.29 is 14.0 Å². The van der Waals surface area contributed by atoms with Crippen LogP contribution >= 0.6 is 11.6 Å². The number of benzene rings is 2. The first-order valence-corrected chi connectivity index (χ1v) is 6.51. The molecule has 0 saturated heterocycles. The van der Waals surface area contributed by atoms with Crippen LogP contribution in [0, 0.1) is 12.7 Å². The SMILES string of the molecule is Cc1ccc(-c2nc(-c3ccc(F)cc3Cl)no2)c(O)c1. The Morgan fingerprint density at radius 1 is 1.14 bits per heavy atom. The first-order valence-electron chi connectivity index (χ1n) is 6.14. The fourth-order valence-corrected chi connectivity index (χ4v) is 2.19. The Hall–Kier alpha value is -2.40. The van der Waals surface area contributed by atoms with Crippen molar-refractivity contribution in [1.82, 2.24) is 10.1 Å². The minimum atomic E-state index is -0.441. The molecule has 1 N–H and O–H groups in total. The van der Waals surface area contributed by atoms with E-state index in [4.69, 9.17) is 16.1 Å². The quantitative estimate of drug-likeness (QED) is 0.770. The van der Waals surface area contributed by atoms with E-state index in [1.807, 2.05) is 13.0 Å². The van der Waals surface area contributed by atoms with Crippen LogP contribution in [0.15, 0.2) is 40.9 Å². The van der Waals surface area contributed by atoms with E-state index >= 15 is 0 Å². The lowest BCUT2D eigenvalue weighted by Crippen LogP contribution is -1.85. The van der Waals surface area contributed by atoms with Gasteiger partial charge in [-0.1, -0.05) is 22.8 Å². The van der Waals surface area contributed by atoms with Gasteiger partial charge in [0.05, 0.1) is 10.6 Å². The van der Waals surface area contributed by atoms with Gasteiger partial charge < -0.3 is 9.63 Å². The van der Waals surface area contributed by atoms with Crippen LogP contribution in [0.25, 0.3) is 22.8 Å². The minimum absolute atomic E-state index is 0.0513. The van der Waals surface area contributed by atoms with Gasteiger partial charge in [0.2, 0.25) is 5.82 Å². The molecule has 1 heterocycles. The zero-order chi connectivity index (χ0) is 15.0. The average Bonchev–Trinajstić information content (AvgIpc) is 2.87. The van der Waals surface area contributed by atoms with Gasteiger partial charge in [-0.15, -0.1) is 0 Å². The van der Waals surface area contributed by atoms with Crippen molar-refractivity contribution in [3.63, 3.8) is 0 Å². The first kappa shape index (κ1) is 13.6. The third-order valence-electron chi connectivity index (χ3n) is 2.98. The molecule has 0 amide bonds. The van der Waals surface area contributed by atoms with Crippen LogP contribution in [0.1, 0.15) is 5.56 Å². The Bertz CT molecular complexity index is 751. The second kappa shape index (κ2) is 5.18. The van der Waals surface area contributed by atoms with Gasteiger partial charge in [-0.05, 0) is 42.8 Å². The third-order valence-corrected chi connectivity index (χ3v) is 3.29. The van der Waals surface area contributed by atoms with E-state index < -0.39 is 5.82 Å². The molecular weight excluding hydrogens is 295 g/mol. The molecule has 0 bridgehead atoms. The van der Waals surface area contributed by atoms with Crippen molar-refractivity contribution >= 4 is 11.6 Å². The predicted molar refractivity (Wildman–Crippen MR) is 76.5 cm³/mol. The number of halogens is 2. The number of aromatic nitrogens is 2. The summed E-state index contributed by atoms with van der Waals surface area (Å²) in [5.41, 5.74) is 1.80. The highest BCUT2D eigenvalue weighted by Crippen LogP contribution is 2.32. The van der Waals surface area contributed by atoms with Crippen LogP contribution in [0.3, 0.4) is 0 Å². The zero-order valence-corrected chi connectivity index (χ0v) is 11.7. The minimum Gasteiger partial charge on any atom is -0.507 e. The van der Waals surface area contributed by atoms with Crippen molar-refractivity contribution in [2.45, 2.75) is 6.92 Å². The number of phenolic OH excluding ortho intramolecular Hbond substituents is 1. The molecule has 2 aromatic carbocycles. The fourth-order valence-electron chi connectivity index (χ4n) is 1.94. The summed E-state index contributed by atoms with van der Waals surface area (Å²) >= 11 is 5.96. The van der Waals surface area contributed by atoms with Crippen LogP contribution in [-0.4, -0.2) is 15.2 Å². The molecular formula is C15H10ClFN2O2. The molecule has 0 saturated carbocycles. The number of hydrogen-bond acceptors (Lipinski definition) is 4. The third kappa shape index (κ3) is 2.60. The Balaban J connectivity index is 2.03. The van der Waals surface area contributed by atoms with Gasteiger partial charge in [0.15, 0.2) is 0 Å². The molecule has 21 heavy (non-hydrogen) atoms. The number of aryl methyl sites for hydroxylation is 1. The number of aromatic hydroxyl groups is 1. The van der Waals surface area contributed by atoms with Gasteiger partial charge in [-0.2, -0.15) is 4.98 Å². The van der Waals surface area contributed by atoms with Gasteiger partial charge >= 0.3 is 0 Å². The molecule has 0 atom stereocenters. The van der Waals surface area contributed by atoms with Crippen LogP contribution in [0.2, 0.25) is 5.02 Å². The maximum atomic E-state index is 13.0. The summed E-state index contributed by atoms with van der Waals surface area (Å²) in [7, 11) is 0. The monoisotopic (exact) mass is 304 g/mol. The average molecular weight is 305 g/mol. The second-order valence-electron chi connectivity index (χ2n) is 4.57. The molecule has 0 unspecified atom stereocenters. The highest BCUT2D eigenvalue weighted by molar-refractivity contribution is 6.33. The van der Waals surface area contributed by atoms with Gasteiger partial charge in [0.1, 0.15) is 11.6 Å². The van der Waals surface area contributed by atoms with E-state index in [-0.39, 0.29) is 22.5 Å². The van der Waals surface area contributed by atoms with E-state index in [1.165, 1.54) is 18.2 Å². The van der Waals surface area contributed by atoms with Gasteiger partial charge in [-0.3, -0.25) is 0 Å². The fraction of sp³-hybridized carbons (Fsp3) is 0.0667. The van der Waals surface area contributed by atoms with E-state index in [1.54, 1.807) is 12.1 Å². The van der Waals surface area contributed by atoms with Gasteiger partial charge in [0.25, 0.3) is 5.89 Å². The summed E-state index contributed by atoms with van der Waals surface area (Å²) in [6.45, 7) is 1.86. The first-order chi connectivity index (χ1) is 10.0. The van der Waals surface area contributed by atoms with Gasteiger partial charge in [-0.25, -0.2) is 4.39 Å². The lowest BCUT2D eigenvalue weighted by molar-refractivity contribution is 0.425. The standard InChI is InChI=1S/C15H10ClFN2O2/c1-8-2-4-11(13(20)6-8)15-18-14(19-21-15)10-5-3-9(17)7-12(10)16/h2-7,20H,1H3. The lowest BCUT2D eigenvalue weighted by atomic mass is 10.1. The second-order valence-corrected chi connectivity index (χ2v) is 4.98. The van der Waals surface area contributed by atoms with E-state index in [2.05, 4.69) is 10.1 Å². The topological polar surface area (TPSA) is 59.2 Å². The molecule has 1 aromatic heterocycles. The number of nitrogens with zero attached hydrogens (tertiary/aromatic N) is 2. The molecule has 0 aliphatic heterocycles. The van der Waals surface area contributed by atoms with Crippen molar-refractivity contribution in [2.24, 2.45) is 0 Å². The number of phenols is 1. The Morgan fingerprint density at radius 3 is 2.62 bits per heavy atom. The summed E-state index contributed by atoms with van der Waals surface area (Å²) in [5.74, 6) is 0.0110. The number of rotatable bonds is 2. The van der Waals surface area contributed by atoms with E-state index in [9.17, 15) is 9.50 Å². The van der Waals surface area contributed by atoms with E-state index in [0.717, 1.165) is 5.56 Å². The zero-order valence-electron chi connectivity index (χ0n) is 11.0. The van der Waals surface area contributed by atoms with Crippen LogP contribution in [0.5, 0.6) is 5.75 Å². The predicted octanol–water partition coefficient (Wildman–Crippen LogP) is 4.21. The van der Waals surface area contributed by atoms with Crippen molar-refractivity contribution in [2.75, 3.05) is 0 Å². The Kier molecular flexibility index (Phi) is 3.35. The summed E-state index contributed by atoms with van der Waals surface area (Å²) in [6.07, 6.45) is 0. The van der Waals surface area contributed by atoms with Crippen molar-refractivity contribution in [3.8, 4) is 28.6 Å². The maximum Gasteiger partial charge on any atom is 0.261 e. The molecule has 3 aromatic rings. The summed E-state index contributed by atoms with van der Waals surface area (Å²) in [5, 5.41) is 13.9. The molecule has 0 radical (unpaired) electrons. The normalized spacial score (nSPS) is 10.8. The highest BCUT2D eigenvalue weighted by Gasteiger charge is 2.16. The maximum absolute atomic E-state index is 13.0. The van der Waals surface area contributed by atoms with Crippen LogP contribution in [0.4, 0.5) is 4.39 Å². The van der Waals surface area contributed by atoms with Crippen molar-refractivity contribution in [3.05, 3.63) is 52.8 Å². The molecule has 0 spiro atoms. The van der Waals surface area contributed by atoms with Gasteiger partial charge in [0, 0.05) is 5.56 Å². The lowest BCUT2D eigenvalue weighted by Gasteiger charge is -2.00.